The molecule has 3 aromatic rings. The quantitative estimate of drug-likeness (QED) is 0.527. The number of pyridine rings is 1. The molecule has 1 amide bonds. The largest absolute Gasteiger partial charge is 0.355 e. The average molecular weight is 454 g/mol. The second kappa shape index (κ2) is 8.92. The first-order chi connectivity index (χ1) is 15.6. The molecule has 0 spiro atoms. The summed E-state index contributed by atoms with van der Waals surface area (Å²) in [6.07, 6.45) is 7.83. The van der Waals surface area contributed by atoms with E-state index in [4.69, 9.17) is 11.6 Å². The number of carbonyl (C=O) groups excluding carboxylic acids is 1. The Balaban J connectivity index is 1.34. The fraction of sp³-hybridized carbons (Fsp3) is 0.333. The van der Waals surface area contributed by atoms with Crippen LogP contribution >= 0.6 is 11.6 Å². The van der Waals surface area contributed by atoms with Gasteiger partial charge in [0.05, 0.1) is 16.8 Å². The Morgan fingerprint density at radius 3 is 2.91 bits per heavy atom. The number of nitrogens with one attached hydrogen (secondary N) is 3. The second-order valence-corrected chi connectivity index (χ2v) is 8.73. The van der Waals surface area contributed by atoms with E-state index in [-0.39, 0.29) is 17.0 Å². The number of fused-ring (bicyclic) bond motifs is 1. The Kier molecular flexibility index (Phi) is 5.85. The molecule has 5 rings (SSSR count). The van der Waals surface area contributed by atoms with Crippen LogP contribution in [0.5, 0.6) is 0 Å². The van der Waals surface area contributed by atoms with Gasteiger partial charge in [-0.3, -0.25) is 4.79 Å². The van der Waals surface area contributed by atoms with Crippen molar-refractivity contribution >= 4 is 45.5 Å². The predicted octanol–water partition coefficient (Wildman–Crippen LogP) is 4.86. The highest BCUT2D eigenvalue weighted by molar-refractivity contribution is 6.31. The van der Waals surface area contributed by atoms with Crippen LogP contribution in [0.4, 0.5) is 15.8 Å². The van der Waals surface area contributed by atoms with E-state index in [2.05, 4.69) is 32.7 Å². The highest BCUT2D eigenvalue weighted by Gasteiger charge is 2.27. The van der Waals surface area contributed by atoms with Gasteiger partial charge in [-0.2, -0.15) is 0 Å². The van der Waals surface area contributed by atoms with Crippen molar-refractivity contribution in [2.24, 2.45) is 0 Å². The molecule has 8 heteroatoms. The van der Waals surface area contributed by atoms with Gasteiger partial charge in [-0.25, -0.2) is 9.37 Å². The fourth-order valence-corrected chi connectivity index (χ4v) is 4.62. The number of hydrogen-bond acceptors (Lipinski definition) is 4. The zero-order valence-electron chi connectivity index (χ0n) is 17.6. The summed E-state index contributed by atoms with van der Waals surface area (Å²) < 4.78 is 13.5. The molecule has 1 aromatic carbocycles. The Morgan fingerprint density at radius 1 is 1.25 bits per heavy atom. The molecule has 0 radical (unpaired) electrons. The summed E-state index contributed by atoms with van der Waals surface area (Å²) in [4.78, 5) is 22.6. The van der Waals surface area contributed by atoms with Gasteiger partial charge in [0.25, 0.3) is 0 Å². The number of rotatable bonds is 4. The molecule has 1 atom stereocenters. The Morgan fingerprint density at radius 2 is 2.16 bits per heavy atom. The van der Waals surface area contributed by atoms with E-state index < -0.39 is 5.82 Å². The third-order valence-corrected chi connectivity index (χ3v) is 6.50. The average Bonchev–Trinajstić information content (AvgIpc) is 3.27. The number of benzene rings is 1. The molecule has 6 nitrogen and oxygen atoms in total. The molecule has 2 aromatic heterocycles. The minimum atomic E-state index is -0.447. The van der Waals surface area contributed by atoms with Crippen LogP contribution < -0.4 is 10.6 Å². The van der Waals surface area contributed by atoms with Gasteiger partial charge in [0.2, 0.25) is 5.91 Å². The molecule has 32 heavy (non-hydrogen) atoms. The maximum absolute atomic E-state index is 13.5. The number of halogens is 2. The molecule has 1 saturated heterocycles. The normalized spacial score (nSPS) is 19.1. The minimum Gasteiger partial charge on any atom is -0.355 e. The van der Waals surface area contributed by atoms with Gasteiger partial charge in [0.15, 0.2) is 0 Å². The Hall–Kier alpha value is -2.90. The van der Waals surface area contributed by atoms with Crippen molar-refractivity contribution in [3.8, 4) is 0 Å². The van der Waals surface area contributed by atoms with Crippen LogP contribution in [0.3, 0.4) is 0 Å². The maximum Gasteiger partial charge on any atom is 0.239 e. The van der Waals surface area contributed by atoms with Crippen LogP contribution in [-0.4, -0.2) is 46.5 Å². The number of anilines is 2. The van der Waals surface area contributed by atoms with E-state index in [9.17, 15) is 9.18 Å². The van der Waals surface area contributed by atoms with E-state index >= 15 is 0 Å². The van der Waals surface area contributed by atoms with Crippen molar-refractivity contribution in [1.82, 2.24) is 20.2 Å². The van der Waals surface area contributed by atoms with Crippen LogP contribution in [0.25, 0.3) is 16.6 Å². The van der Waals surface area contributed by atoms with E-state index in [1.807, 2.05) is 11.0 Å². The summed E-state index contributed by atoms with van der Waals surface area (Å²) in [6, 6.07) is 8.47. The smallest absolute Gasteiger partial charge is 0.239 e. The molecular weight excluding hydrogens is 429 g/mol. The van der Waals surface area contributed by atoms with Gasteiger partial charge in [0, 0.05) is 36.1 Å². The molecule has 166 valence electrons. The molecule has 3 N–H and O–H groups in total. The number of piperidine rings is 1. The van der Waals surface area contributed by atoms with Crippen molar-refractivity contribution in [2.75, 3.05) is 25.0 Å². The third-order valence-electron chi connectivity index (χ3n) is 6.21. The molecule has 2 aliphatic heterocycles. The lowest BCUT2D eigenvalue weighted by Crippen LogP contribution is -2.49. The lowest BCUT2D eigenvalue weighted by atomic mass is 10.0. The van der Waals surface area contributed by atoms with E-state index in [1.165, 1.54) is 11.6 Å². The van der Waals surface area contributed by atoms with Gasteiger partial charge in [0.1, 0.15) is 11.5 Å². The highest BCUT2D eigenvalue weighted by Crippen LogP contribution is 2.31. The standard InChI is InChI=1S/C24H25ClFN5O/c25-18-13-16(4-5-19(18)26)29-20-6-10-28-23-17(20)14-22(30-23)15-7-11-31(12-8-15)24(32)21-3-1-2-9-27-21/h4-7,10,13-14,21,27H,1-3,8-9,11-12H2,(H2,28,29,30)/t21-/m1/s1. The number of aromatic amines is 1. The number of H-pyrrole nitrogens is 1. The van der Waals surface area contributed by atoms with Crippen LogP contribution in [0.2, 0.25) is 5.02 Å². The van der Waals surface area contributed by atoms with E-state index in [0.29, 0.717) is 18.8 Å². The van der Waals surface area contributed by atoms with Crippen molar-refractivity contribution in [3.63, 3.8) is 0 Å². The predicted molar refractivity (Wildman–Crippen MR) is 126 cm³/mol. The third kappa shape index (κ3) is 4.23. The molecule has 0 aliphatic carbocycles. The minimum absolute atomic E-state index is 0.0374. The Bertz CT molecular complexity index is 1180. The van der Waals surface area contributed by atoms with Crippen molar-refractivity contribution in [3.05, 3.63) is 59.1 Å². The fourth-order valence-electron chi connectivity index (χ4n) is 4.44. The summed E-state index contributed by atoms with van der Waals surface area (Å²) in [5.74, 6) is -0.236. The van der Waals surface area contributed by atoms with Gasteiger partial charge in [-0.15, -0.1) is 0 Å². The first kappa shape index (κ1) is 21.0. The number of nitrogens with zero attached hydrogens (tertiary/aromatic N) is 2. The Labute approximate surface area is 190 Å². The summed E-state index contributed by atoms with van der Waals surface area (Å²) in [7, 11) is 0. The maximum atomic E-state index is 13.5. The molecule has 0 unspecified atom stereocenters. The zero-order valence-corrected chi connectivity index (χ0v) is 18.4. The van der Waals surface area contributed by atoms with Crippen molar-refractivity contribution in [1.29, 1.82) is 0 Å². The van der Waals surface area contributed by atoms with E-state index in [0.717, 1.165) is 54.6 Å². The molecule has 4 heterocycles. The molecule has 0 saturated carbocycles. The molecule has 1 fully saturated rings. The van der Waals surface area contributed by atoms with Crippen molar-refractivity contribution in [2.45, 2.75) is 31.7 Å². The van der Waals surface area contributed by atoms with E-state index in [1.54, 1.807) is 18.3 Å². The molecule has 0 bridgehead atoms. The highest BCUT2D eigenvalue weighted by atomic mass is 35.5. The number of carbonyl (C=O) groups is 1. The molecule has 2 aliphatic rings. The molecular formula is C24H25ClFN5O. The topological polar surface area (TPSA) is 73.1 Å². The van der Waals surface area contributed by atoms with Crippen LogP contribution in [0.1, 0.15) is 31.4 Å². The van der Waals surface area contributed by atoms with Crippen LogP contribution in [0.15, 0.2) is 42.6 Å². The number of aromatic nitrogens is 2. The van der Waals surface area contributed by atoms with Crippen LogP contribution in [0, 0.1) is 5.82 Å². The van der Waals surface area contributed by atoms with Crippen LogP contribution in [-0.2, 0) is 4.79 Å². The first-order valence-corrected chi connectivity index (χ1v) is 11.4. The monoisotopic (exact) mass is 453 g/mol. The zero-order chi connectivity index (χ0) is 22.1. The second-order valence-electron chi connectivity index (χ2n) is 8.32. The lowest BCUT2D eigenvalue weighted by molar-refractivity contribution is -0.133. The number of hydrogen-bond donors (Lipinski definition) is 3. The van der Waals surface area contributed by atoms with Crippen molar-refractivity contribution < 1.29 is 9.18 Å². The van der Waals surface area contributed by atoms with Gasteiger partial charge >= 0.3 is 0 Å². The first-order valence-electron chi connectivity index (χ1n) is 11.0. The van der Waals surface area contributed by atoms with Gasteiger partial charge in [-0.05, 0) is 61.7 Å². The summed E-state index contributed by atoms with van der Waals surface area (Å²) in [5, 5.41) is 7.66. The summed E-state index contributed by atoms with van der Waals surface area (Å²) in [6.45, 7) is 2.26. The summed E-state index contributed by atoms with van der Waals surface area (Å²) in [5.41, 5.74) is 4.51. The SMILES string of the molecule is O=C([C@H]1CCCCN1)N1CC=C(c2cc3c(Nc4ccc(F)c(Cl)c4)ccnc3[nH]2)CC1. The van der Waals surface area contributed by atoms with Gasteiger partial charge in [-0.1, -0.05) is 24.1 Å². The lowest BCUT2D eigenvalue weighted by Gasteiger charge is -2.32. The number of amides is 1. The van der Waals surface area contributed by atoms with Gasteiger partial charge < -0.3 is 20.5 Å². The summed E-state index contributed by atoms with van der Waals surface area (Å²) >= 11 is 5.91.